The van der Waals surface area contributed by atoms with Crippen LogP contribution in [0.2, 0.25) is 5.02 Å². The van der Waals surface area contributed by atoms with Crippen molar-refractivity contribution in [3.63, 3.8) is 0 Å². The highest BCUT2D eigenvalue weighted by molar-refractivity contribution is 7.90. The summed E-state index contributed by atoms with van der Waals surface area (Å²) in [6.45, 7) is 0. The summed E-state index contributed by atoms with van der Waals surface area (Å²) >= 11 is 6.19. The van der Waals surface area contributed by atoms with Crippen molar-refractivity contribution in [3.05, 3.63) is 64.2 Å². The van der Waals surface area contributed by atoms with Crippen LogP contribution in [0.1, 0.15) is 16.7 Å². The third-order valence-electron chi connectivity index (χ3n) is 5.64. The Bertz CT molecular complexity index is 1370. The molecule has 0 aliphatic rings. The van der Waals surface area contributed by atoms with E-state index in [0.29, 0.717) is 45.6 Å². The molecule has 0 fully saturated rings. The molecule has 0 unspecified atom stereocenters. The van der Waals surface area contributed by atoms with Crippen LogP contribution in [0.4, 0.5) is 0 Å². The molecule has 8 nitrogen and oxygen atoms in total. The van der Waals surface area contributed by atoms with Gasteiger partial charge in [-0.05, 0) is 47.5 Å². The fraction of sp³-hybridized carbons (Fsp3) is 0.259. The minimum atomic E-state index is -3.82. The van der Waals surface area contributed by atoms with Crippen molar-refractivity contribution in [2.24, 2.45) is 0 Å². The molecule has 198 valence electrons. The Hall–Kier alpha value is -3.56. The van der Waals surface area contributed by atoms with Crippen LogP contribution >= 0.6 is 11.6 Å². The van der Waals surface area contributed by atoms with Gasteiger partial charge in [-0.2, -0.15) is 0 Å². The number of rotatable bonds is 11. The van der Waals surface area contributed by atoms with Crippen LogP contribution < -0.4 is 28.4 Å². The van der Waals surface area contributed by atoms with Crippen LogP contribution in [0.5, 0.6) is 34.5 Å². The fourth-order valence-corrected chi connectivity index (χ4v) is 5.55. The number of halogens is 1. The number of benzene rings is 3. The lowest BCUT2D eigenvalue weighted by Crippen LogP contribution is -2.09. The zero-order valence-electron chi connectivity index (χ0n) is 21.5. The molecule has 10 heteroatoms. The molecule has 0 spiro atoms. The second-order valence-corrected chi connectivity index (χ2v) is 10.1. The number of ether oxygens (including phenoxy) is 6. The van der Waals surface area contributed by atoms with Crippen LogP contribution in [-0.2, 0) is 15.6 Å². The Morgan fingerprint density at radius 1 is 0.676 bits per heavy atom. The van der Waals surface area contributed by atoms with E-state index in [1.54, 1.807) is 30.3 Å². The zero-order chi connectivity index (χ0) is 27.2. The number of sulfone groups is 1. The summed E-state index contributed by atoms with van der Waals surface area (Å²) in [6, 6.07) is 11.4. The van der Waals surface area contributed by atoms with Crippen molar-refractivity contribution in [1.82, 2.24) is 0 Å². The van der Waals surface area contributed by atoms with Gasteiger partial charge in [0, 0.05) is 5.56 Å². The van der Waals surface area contributed by atoms with E-state index in [9.17, 15) is 8.42 Å². The quantitative estimate of drug-likeness (QED) is 0.289. The summed E-state index contributed by atoms with van der Waals surface area (Å²) in [5, 5.41) is 0.198. The average molecular weight is 549 g/mol. The highest BCUT2D eigenvalue weighted by Crippen LogP contribution is 2.40. The zero-order valence-corrected chi connectivity index (χ0v) is 23.0. The summed E-state index contributed by atoms with van der Waals surface area (Å²) in [4.78, 5) is 0.0581. The van der Waals surface area contributed by atoms with Gasteiger partial charge < -0.3 is 28.4 Å². The van der Waals surface area contributed by atoms with E-state index in [1.165, 1.54) is 60.9 Å². The van der Waals surface area contributed by atoms with Crippen LogP contribution in [0.15, 0.2) is 47.4 Å². The summed E-state index contributed by atoms with van der Waals surface area (Å²) in [6.07, 6.45) is 3.60. The summed E-state index contributed by atoms with van der Waals surface area (Å²) in [5.74, 6) is 2.21. The van der Waals surface area contributed by atoms with Crippen LogP contribution in [0.3, 0.4) is 0 Å². The second-order valence-electron chi connectivity index (χ2n) is 7.72. The van der Waals surface area contributed by atoms with E-state index in [2.05, 4.69) is 0 Å². The van der Waals surface area contributed by atoms with E-state index in [4.69, 9.17) is 40.0 Å². The maximum Gasteiger partial charge on any atom is 0.203 e. The third-order valence-corrected chi connectivity index (χ3v) is 7.58. The molecule has 0 saturated heterocycles. The molecule has 0 amide bonds. The fourth-order valence-electron chi connectivity index (χ4n) is 3.81. The van der Waals surface area contributed by atoms with E-state index < -0.39 is 9.84 Å². The van der Waals surface area contributed by atoms with Crippen molar-refractivity contribution < 1.29 is 36.8 Å². The normalized spacial score (nSPS) is 11.3. The molecule has 0 bridgehead atoms. The van der Waals surface area contributed by atoms with Gasteiger partial charge in [-0.15, -0.1) is 0 Å². The summed E-state index contributed by atoms with van der Waals surface area (Å²) in [5.41, 5.74) is 1.80. The SMILES string of the molecule is COc1ccc(S(=O)(=O)Cc2c(/C=C\c3cc(OC)c(OC)c(OC)c3)ccc(OC)c2OC)cc1Cl. The topological polar surface area (TPSA) is 89.5 Å². The minimum Gasteiger partial charge on any atom is -0.495 e. The van der Waals surface area contributed by atoms with Crippen molar-refractivity contribution in [2.75, 3.05) is 42.7 Å². The third kappa shape index (κ3) is 6.06. The Morgan fingerprint density at radius 3 is 1.76 bits per heavy atom. The monoisotopic (exact) mass is 548 g/mol. The predicted octanol–water partition coefficient (Wildman–Crippen LogP) is 5.54. The minimum absolute atomic E-state index is 0.0581. The van der Waals surface area contributed by atoms with Gasteiger partial charge in [0.15, 0.2) is 32.8 Å². The van der Waals surface area contributed by atoms with Gasteiger partial charge in [-0.1, -0.05) is 29.8 Å². The van der Waals surface area contributed by atoms with Gasteiger partial charge in [0.25, 0.3) is 0 Å². The van der Waals surface area contributed by atoms with Gasteiger partial charge in [0.1, 0.15) is 5.75 Å². The van der Waals surface area contributed by atoms with Crippen molar-refractivity contribution in [1.29, 1.82) is 0 Å². The van der Waals surface area contributed by atoms with Crippen molar-refractivity contribution >= 4 is 33.6 Å². The molecule has 3 aromatic rings. The van der Waals surface area contributed by atoms with Gasteiger partial charge in [0.2, 0.25) is 5.75 Å². The number of methoxy groups -OCH3 is 6. The first-order chi connectivity index (χ1) is 17.7. The largest absolute Gasteiger partial charge is 0.495 e. The standard InChI is InChI=1S/C27H29ClO8S/c1-31-22-12-10-19(15-21(22)28)37(29,30)16-20-18(9-11-23(32-2)26(20)35-5)8-7-17-13-24(33-3)27(36-6)25(14-17)34-4/h7-15H,16H2,1-6H3/b8-7-. The average Bonchev–Trinajstić information content (AvgIpc) is 2.90. The summed E-state index contributed by atoms with van der Waals surface area (Å²) < 4.78 is 59.2. The maximum absolute atomic E-state index is 13.4. The molecule has 0 heterocycles. The van der Waals surface area contributed by atoms with Crippen LogP contribution in [-0.4, -0.2) is 51.1 Å². The Labute approximate surface area is 222 Å². The van der Waals surface area contributed by atoms with Crippen LogP contribution in [0.25, 0.3) is 12.2 Å². The molecule has 3 aromatic carbocycles. The molecule has 0 radical (unpaired) electrons. The lowest BCUT2D eigenvalue weighted by molar-refractivity contribution is 0.324. The van der Waals surface area contributed by atoms with Gasteiger partial charge in [-0.3, -0.25) is 0 Å². The van der Waals surface area contributed by atoms with E-state index in [0.717, 1.165) is 5.56 Å². The van der Waals surface area contributed by atoms with E-state index in [-0.39, 0.29) is 15.7 Å². The number of hydrogen-bond acceptors (Lipinski definition) is 8. The van der Waals surface area contributed by atoms with Gasteiger partial charge in [-0.25, -0.2) is 8.42 Å². The van der Waals surface area contributed by atoms with Gasteiger partial charge >= 0.3 is 0 Å². The molecule has 0 saturated carbocycles. The summed E-state index contributed by atoms with van der Waals surface area (Å²) in [7, 11) is 5.20. The molecule has 3 rings (SSSR count). The lowest BCUT2D eigenvalue weighted by atomic mass is 10.0. The Balaban J connectivity index is 2.10. The van der Waals surface area contributed by atoms with E-state index in [1.807, 2.05) is 6.08 Å². The Morgan fingerprint density at radius 2 is 1.24 bits per heavy atom. The highest BCUT2D eigenvalue weighted by Gasteiger charge is 2.23. The predicted molar refractivity (Wildman–Crippen MR) is 143 cm³/mol. The van der Waals surface area contributed by atoms with E-state index >= 15 is 0 Å². The lowest BCUT2D eigenvalue weighted by Gasteiger charge is -2.16. The number of hydrogen-bond donors (Lipinski definition) is 0. The molecule has 0 aliphatic heterocycles. The Kier molecular flexibility index (Phi) is 9.18. The first-order valence-electron chi connectivity index (χ1n) is 11.0. The molecule has 37 heavy (non-hydrogen) atoms. The molecule has 0 N–H and O–H groups in total. The molecule has 0 aromatic heterocycles. The molecule has 0 atom stereocenters. The molecule has 0 aliphatic carbocycles. The first-order valence-corrected chi connectivity index (χ1v) is 13.0. The second kappa shape index (κ2) is 12.1. The molecular weight excluding hydrogens is 520 g/mol. The first kappa shape index (κ1) is 28.0. The van der Waals surface area contributed by atoms with Crippen molar-refractivity contribution in [2.45, 2.75) is 10.6 Å². The highest BCUT2D eigenvalue weighted by atomic mass is 35.5. The van der Waals surface area contributed by atoms with Crippen LogP contribution in [0, 0.1) is 0 Å². The van der Waals surface area contributed by atoms with Crippen molar-refractivity contribution in [3.8, 4) is 34.5 Å². The molecular formula is C27H29ClO8S. The van der Waals surface area contributed by atoms with Gasteiger partial charge in [0.05, 0.1) is 58.3 Å². The smallest absolute Gasteiger partial charge is 0.203 e. The maximum atomic E-state index is 13.4.